The number of likely N-dealkylation sites (N-methyl/N-ethyl adjacent to an activating group) is 1. The van der Waals surface area contributed by atoms with E-state index in [-0.39, 0.29) is 11.7 Å². The third-order valence-electron chi connectivity index (χ3n) is 6.99. The second-order valence-electron chi connectivity index (χ2n) is 8.66. The van der Waals surface area contributed by atoms with Crippen molar-refractivity contribution in [2.24, 2.45) is 0 Å². The van der Waals surface area contributed by atoms with Crippen LogP contribution in [0.4, 0.5) is 4.79 Å². The lowest BCUT2D eigenvalue weighted by Crippen LogP contribution is -2.50. The number of rotatable bonds is 6. The minimum absolute atomic E-state index is 0.0734. The highest BCUT2D eigenvalue weighted by Crippen LogP contribution is 2.35. The summed E-state index contributed by atoms with van der Waals surface area (Å²) >= 11 is 2.08. The van der Waals surface area contributed by atoms with Crippen molar-refractivity contribution in [3.8, 4) is 0 Å². The molecule has 0 radical (unpaired) electrons. The molecule has 1 atom stereocenters. The van der Waals surface area contributed by atoms with Crippen LogP contribution in [0.25, 0.3) is 0 Å². The van der Waals surface area contributed by atoms with Gasteiger partial charge < -0.3 is 19.4 Å². The molecule has 0 aliphatic carbocycles. The summed E-state index contributed by atoms with van der Waals surface area (Å²) in [5.74, 6) is 2.59. The SMILES string of the molecule is CCN1CCN(CCCN2CC3(CCN([C@@H]4CCSC4)CC3)OC2=O)CC1. The number of piperazine rings is 1. The van der Waals surface area contributed by atoms with Gasteiger partial charge in [0, 0.05) is 70.4 Å². The fourth-order valence-electron chi connectivity index (χ4n) is 5.05. The van der Waals surface area contributed by atoms with E-state index < -0.39 is 0 Å². The van der Waals surface area contributed by atoms with Gasteiger partial charge in [0.15, 0.2) is 0 Å². The highest BCUT2D eigenvalue weighted by Gasteiger charge is 2.47. The maximum Gasteiger partial charge on any atom is 0.410 e. The van der Waals surface area contributed by atoms with Crippen molar-refractivity contribution in [3.05, 3.63) is 0 Å². The van der Waals surface area contributed by atoms with Gasteiger partial charge in [0.1, 0.15) is 5.60 Å². The Bertz CT molecular complexity index is 498. The fraction of sp³-hybridized carbons (Fsp3) is 0.950. The van der Waals surface area contributed by atoms with Crippen LogP contribution in [0.15, 0.2) is 0 Å². The molecular formula is C20H36N4O2S. The number of carbonyl (C=O) groups excluding carboxylic acids is 1. The standard InChI is InChI=1S/C20H36N4O2S/c1-2-21-11-13-22(14-12-21)7-3-8-24-17-20(26-19(24)25)5-9-23(10-6-20)18-4-15-27-16-18/h18H,2-17H2,1H3/t18-/m1/s1. The van der Waals surface area contributed by atoms with Crippen LogP contribution in [0.5, 0.6) is 0 Å². The van der Waals surface area contributed by atoms with Gasteiger partial charge in [-0.15, -0.1) is 0 Å². The number of nitrogens with zero attached hydrogens (tertiary/aromatic N) is 4. The van der Waals surface area contributed by atoms with Crippen LogP contribution in [0.3, 0.4) is 0 Å². The molecule has 0 aromatic rings. The van der Waals surface area contributed by atoms with E-state index in [4.69, 9.17) is 4.74 Å². The van der Waals surface area contributed by atoms with Gasteiger partial charge in [-0.1, -0.05) is 6.92 Å². The third-order valence-corrected chi connectivity index (χ3v) is 8.13. The molecule has 4 heterocycles. The Morgan fingerprint density at radius 2 is 1.81 bits per heavy atom. The van der Waals surface area contributed by atoms with Crippen molar-refractivity contribution < 1.29 is 9.53 Å². The van der Waals surface area contributed by atoms with E-state index in [1.165, 1.54) is 31.0 Å². The van der Waals surface area contributed by atoms with E-state index in [9.17, 15) is 4.79 Å². The second-order valence-corrected chi connectivity index (χ2v) is 9.81. The predicted molar refractivity (Wildman–Crippen MR) is 110 cm³/mol. The number of amides is 1. The summed E-state index contributed by atoms with van der Waals surface area (Å²) in [6.45, 7) is 13.0. The van der Waals surface area contributed by atoms with Crippen molar-refractivity contribution in [1.29, 1.82) is 0 Å². The second kappa shape index (κ2) is 8.89. The van der Waals surface area contributed by atoms with Gasteiger partial charge in [-0.3, -0.25) is 4.90 Å². The van der Waals surface area contributed by atoms with E-state index in [2.05, 4.69) is 33.4 Å². The summed E-state index contributed by atoms with van der Waals surface area (Å²) in [4.78, 5) is 22.1. The molecule has 1 spiro atoms. The molecule has 154 valence electrons. The summed E-state index contributed by atoms with van der Waals surface area (Å²) in [5.41, 5.74) is -0.202. The van der Waals surface area contributed by atoms with E-state index >= 15 is 0 Å². The molecular weight excluding hydrogens is 360 g/mol. The van der Waals surface area contributed by atoms with Crippen LogP contribution >= 0.6 is 11.8 Å². The highest BCUT2D eigenvalue weighted by atomic mass is 32.2. The molecule has 0 aromatic carbocycles. The van der Waals surface area contributed by atoms with E-state index in [0.717, 1.165) is 77.7 Å². The molecule has 4 saturated heterocycles. The smallest absolute Gasteiger partial charge is 0.410 e. The first-order valence-electron chi connectivity index (χ1n) is 10.9. The maximum absolute atomic E-state index is 12.4. The Morgan fingerprint density at radius 3 is 2.48 bits per heavy atom. The number of piperidine rings is 1. The number of carbonyl (C=O) groups is 1. The lowest BCUT2D eigenvalue weighted by molar-refractivity contribution is -0.00742. The molecule has 0 unspecified atom stereocenters. The highest BCUT2D eigenvalue weighted by molar-refractivity contribution is 7.99. The molecule has 7 heteroatoms. The van der Waals surface area contributed by atoms with Crippen molar-refractivity contribution in [2.45, 2.75) is 44.2 Å². The van der Waals surface area contributed by atoms with Gasteiger partial charge in [-0.2, -0.15) is 11.8 Å². The number of ether oxygens (including phenoxy) is 1. The minimum atomic E-state index is -0.202. The van der Waals surface area contributed by atoms with Gasteiger partial charge in [0.25, 0.3) is 0 Å². The van der Waals surface area contributed by atoms with Gasteiger partial charge in [0.05, 0.1) is 6.54 Å². The summed E-state index contributed by atoms with van der Waals surface area (Å²) in [7, 11) is 0. The summed E-state index contributed by atoms with van der Waals surface area (Å²) in [6.07, 6.45) is 4.33. The van der Waals surface area contributed by atoms with Gasteiger partial charge in [-0.05, 0) is 31.7 Å². The van der Waals surface area contributed by atoms with Crippen LogP contribution < -0.4 is 0 Å². The van der Waals surface area contributed by atoms with E-state index in [1.807, 2.05) is 4.90 Å². The van der Waals surface area contributed by atoms with Crippen molar-refractivity contribution >= 4 is 17.9 Å². The molecule has 0 N–H and O–H groups in total. The van der Waals surface area contributed by atoms with Crippen molar-refractivity contribution in [1.82, 2.24) is 19.6 Å². The summed E-state index contributed by atoms with van der Waals surface area (Å²) in [5, 5.41) is 0. The van der Waals surface area contributed by atoms with Crippen LogP contribution in [0.1, 0.15) is 32.6 Å². The van der Waals surface area contributed by atoms with E-state index in [1.54, 1.807) is 0 Å². The van der Waals surface area contributed by atoms with Crippen LogP contribution in [-0.4, -0.2) is 114 Å². The van der Waals surface area contributed by atoms with Crippen molar-refractivity contribution in [2.75, 3.05) is 77.0 Å². The molecule has 27 heavy (non-hydrogen) atoms. The maximum atomic E-state index is 12.4. The first-order valence-corrected chi connectivity index (χ1v) is 12.1. The fourth-order valence-corrected chi connectivity index (χ4v) is 6.30. The average molecular weight is 397 g/mol. The van der Waals surface area contributed by atoms with Gasteiger partial charge >= 0.3 is 6.09 Å². The molecule has 0 saturated carbocycles. The van der Waals surface area contributed by atoms with Crippen LogP contribution in [0.2, 0.25) is 0 Å². The third kappa shape index (κ3) is 4.74. The molecule has 0 bridgehead atoms. The number of thioether (sulfide) groups is 1. The zero-order valence-electron chi connectivity index (χ0n) is 16.9. The average Bonchev–Trinajstić information content (AvgIpc) is 3.32. The first kappa shape index (κ1) is 19.8. The Hall–Kier alpha value is -0.500. The van der Waals surface area contributed by atoms with Crippen LogP contribution in [0, 0.1) is 0 Å². The minimum Gasteiger partial charge on any atom is -0.441 e. The van der Waals surface area contributed by atoms with Crippen molar-refractivity contribution in [3.63, 3.8) is 0 Å². The number of hydrogen-bond donors (Lipinski definition) is 0. The Labute approximate surface area is 168 Å². The van der Waals surface area contributed by atoms with Crippen LogP contribution in [-0.2, 0) is 4.74 Å². The van der Waals surface area contributed by atoms with E-state index in [0.29, 0.717) is 0 Å². The molecule has 0 aromatic heterocycles. The zero-order valence-corrected chi connectivity index (χ0v) is 17.7. The summed E-state index contributed by atoms with van der Waals surface area (Å²) in [6, 6.07) is 0.758. The zero-order chi connectivity index (χ0) is 18.7. The quantitative estimate of drug-likeness (QED) is 0.682. The Morgan fingerprint density at radius 1 is 1.07 bits per heavy atom. The Balaban J connectivity index is 1.18. The molecule has 4 fully saturated rings. The monoisotopic (exact) mass is 396 g/mol. The molecule has 4 aliphatic rings. The van der Waals surface area contributed by atoms with Gasteiger partial charge in [0.2, 0.25) is 0 Å². The number of hydrogen-bond acceptors (Lipinski definition) is 6. The predicted octanol–water partition coefficient (Wildman–Crippen LogP) is 1.81. The first-order chi connectivity index (χ1) is 13.2. The number of likely N-dealkylation sites (tertiary alicyclic amines) is 1. The summed E-state index contributed by atoms with van der Waals surface area (Å²) < 4.78 is 5.92. The normalized spacial score (nSPS) is 30.3. The lowest BCUT2D eigenvalue weighted by Gasteiger charge is -2.40. The topological polar surface area (TPSA) is 39.3 Å². The largest absolute Gasteiger partial charge is 0.441 e. The Kier molecular flexibility index (Phi) is 6.52. The molecule has 1 amide bonds. The molecule has 4 aliphatic heterocycles. The molecule has 6 nitrogen and oxygen atoms in total. The lowest BCUT2D eigenvalue weighted by atomic mass is 9.90. The van der Waals surface area contributed by atoms with Gasteiger partial charge in [-0.25, -0.2) is 4.79 Å². The molecule has 4 rings (SSSR count).